The van der Waals surface area contributed by atoms with Crippen molar-refractivity contribution in [2.24, 2.45) is 5.14 Å². The standard InChI is InChI=1S/C17H24N4O2S2/c1-2-6-15-13-21(17-19-11-16(24-17)25(18,22)23)10-9-20(15)12-14-7-4-3-5-8-14/h3-5,7-8,11,15H,2,6,9-10,12-13H2,1H3,(H2,18,22,23). The molecule has 25 heavy (non-hydrogen) atoms. The Labute approximate surface area is 153 Å². The zero-order valence-corrected chi connectivity index (χ0v) is 16.0. The van der Waals surface area contributed by atoms with Gasteiger partial charge in [-0.2, -0.15) is 0 Å². The second-order valence-electron chi connectivity index (χ2n) is 6.35. The van der Waals surface area contributed by atoms with Gasteiger partial charge in [0.2, 0.25) is 10.0 Å². The topological polar surface area (TPSA) is 79.5 Å². The lowest BCUT2D eigenvalue weighted by atomic mass is 10.1. The summed E-state index contributed by atoms with van der Waals surface area (Å²) < 4.78 is 23.1. The van der Waals surface area contributed by atoms with Crippen LogP contribution in [0.25, 0.3) is 0 Å². The van der Waals surface area contributed by atoms with E-state index in [0.29, 0.717) is 6.04 Å². The summed E-state index contributed by atoms with van der Waals surface area (Å²) in [5.74, 6) is 0. The molecule has 2 aromatic rings. The predicted molar refractivity (Wildman–Crippen MR) is 101 cm³/mol. The van der Waals surface area contributed by atoms with Gasteiger partial charge in [0.25, 0.3) is 0 Å². The maximum absolute atomic E-state index is 11.5. The summed E-state index contributed by atoms with van der Waals surface area (Å²) in [6.45, 7) is 5.77. The zero-order chi connectivity index (χ0) is 17.9. The number of rotatable bonds is 6. The first-order valence-electron chi connectivity index (χ1n) is 8.49. The minimum absolute atomic E-state index is 0.126. The molecule has 136 valence electrons. The molecule has 2 heterocycles. The molecule has 1 aromatic heterocycles. The normalized spacial score (nSPS) is 19.3. The summed E-state index contributed by atoms with van der Waals surface area (Å²) in [5, 5.41) is 5.94. The number of hydrogen-bond acceptors (Lipinski definition) is 6. The molecule has 1 aromatic carbocycles. The fourth-order valence-electron chi connectivity index (χ4n) is 3.23. The Bertz CT molecular complexity index is 792. The molecule has 1 aliphatic heterocycles. The molecule has 1 atom stereocenters. The van der Waals surface area contributed by atoms with Gasteiger partial charge < -0.3 is 4.90 Å². The van der Waals surface area contributed by atoms with E-state index in [9.17, 15) is 8.42 Å². The highest BCUT2D eigenvalue weighted by molar-refractivity contribution is 7.91. The van der Waals surface area contributed by atoms with Crippen molar-refractivity contribution in [3.05, 3.63) is 42.1 Å². The van der Waals surface area contributed by atoms with Crippen LogP contribution in [0.2, 0.25) is 0 Å². The Kier molecular flexibility index (Phi) is 5.73. The molecule has 0 amide bonds. The molecule has 1 fully saturated rings. The van der Waals surface area contributed by atoms with Crippen LogP contribution in [0, 0.1) is 0 Å². The van der Waals surface area contributed by atoms with Gasteiger partial charge in [0, 0.05) is 32.2 Å². The largest absolute Gasteiger partial charge is 0.345 e. The van der Waals surface area contributed by atoms with Crippen LogP contribution in [0.4, 0.5) is 5.13 Å². The van der Waals surface area contributed by atoms with Crippen molar-refractivity contribution in [1.82, 2.24) is 9.88 Å². The highest BCUT2D eigenvalue weighted by Gasteiger charge is 2.28. The molecule has 8 heteroatoms. The van der Waals surface area contributed by atoms with Gasteiger partial charge in [0.1, 0.15) is 0 Å². The molecular weight excluding hydrogens is 356 g/mol. The van der Waals surface area contributed by atoms with Gasteiger partial charge in [0.15, 0.2) is 9.34 Å². The molecule has 6 nitrogen and oxygen atoms in total. The molecule has 1 saturated heterocycles. The van der Waals surface area contributed by atoms with Gasteiger partial charge in [-0.15, -0.1) is 0 Å². The summed E-state index contributed by atoms with van der Waals surface area (Å²) in [4.78, 5) is 8.98. The maximum atomic E-state index is 11.5. The fourth-order valence-corrected chi connectivity index (χ4v) is 4.80. The molecule has 0 bridgehead atoms. The summed E-state index contributed by atoms with van der Waals surface area (Å²) in [6, 6.07) is 10.9. The van der Waals surface area contributed by atoms with E-state index in [4.69, 9.17) is 5.14 Å². The molecule has 0 spiro atoms. The number of hydrogen-bond donors (Lipinski definition) is 1. The quantitative estimate of drug-likeness (QED) is 0.832. The molecular formula is C17H24N4O2S2. The SMILES string of the molecule is CCCC1CN(c2ncc(S(N)(=O)=O)s2)CCN1Cc1ccccc1. The molecule has 1 unspecified atom stereocenters. The summed E-state index contributed by atoms with van der Waals surface area (Å²) >= 11 is 1.16. The van der Waals surface area contributed by atoms with Gasteiger partial charge in [-0.05, 0) is 12.0 Å². The van der Waals surface area contributed by atoms with Crippen LogP contribution < -0.4 is 10.0 Å². The Hall–Kier alpha value is -1.48. The molecule has 3 rings (SSSR count). The molecule has 0 saturated carbocycles. The fraction of sp³-hybridized carbons (Fsp3) is 0.471. The van der Waals surface area contributed by atoms with Gasteiger partial charge >= 0.3 is 0 Å². The smallest absolute Gasteiger partial charge is 0.249 e. The Morgan fingerprint density at radius 3 is 2.68 bits per heavy atom. The predicted octanol–water partition coefficient (Wildman–Crippen LogP) is 2.28. The highest BCUT2D eigenvalue weighted by atomic mass is 32.2. The number of piperazine rings is 1. The Morgan fingerprint density at radius 2 is 2.04 bits per heavy atom. The van der Waals surface area contributed by atoms with Gasteiger partial charge in [-0.25, -0.2) is 18.5 Å². The lowest BCUT2D eigenvalue weighted by Gasteiger charge is -2.41. The lowest BCUT2D eigenvalue weighted by molar-refractivity contribution is 0.159. The lowest BCUT2D eigenvalue weighted by Crippen LogP contribution is -2.52. The van der Waals surface area contributed by atoms with Crippen molar-refractivity contribution in [2.45, 2.75) is 36.6 Å². The summed E-state index contributed by atoms with van der Waals surface area (Å²) in [5.41, 5.74) is 1.32. The van der Waals surface area contributed by atoms with E-state index in [2.05, 4.69) is 46.0 Å². The summed E-state index contributed by atoms with van der Waals surface area (Å²) in [7, 11) is -3.68. The van der Waals surface area contributed by atoms with E-state index in [1.807, 2.05) is 6.07 Å². The van der Waals surface area contributed by atoms with Crippen molar-refractivity contribution in [3.63, 3.8) is 0 Å². The zero-order valence-electron chi connectivity index (χ0n) is 14.3. The van der Waals surface area contributed by atoms with Crippen molar-refractivity contribution < 1.29 is 8.42 Å². The van der Waals surface area contributed by atoms with E-state index in [-0.39, 0.29) is 4.21 Å². The number of anilines is 1. The minimum atomic E-state index is -3.68. The van der Waals surface area contributed by atoms with Gasteiger partial charge in [-0.3, -0.25) is 4.90 Å². The molecule has 1 aliphatic rings. The monoisotopic (exact) mass is 380 g/mol. The van der Waals surface area contributed by atoms with Crippen LogP contribution in [-0.4, -0.2) is 44.0 Å². The van der Waals surface area contributed by atoms with E-state index in [1.165, 1.54) is 11.8 Å². The number of primary sulfonamides is 1. The van der Waals surface area contributed by atoms with Crippen molar-refractivity contribution in [3.8, 4) is 0 Å². The molecule has 0 radical (unpaired) electrons. The second-order valence-corrected chi connectivity index (χ2v) is 9.15. The van der Waals surface area contributed by atoms with Crippen LogP contribution in [0.15, 0.2) is 40.7 Å². The van der Waals surface area contributed by atoms with Crippen LogP contribution in [0.5, 0.6) is 0 Å². The number of sulfonamides is 1. The van der Waals surface area contributed by atoms with Gasteiger partial charge in [0.05, 0.1) is 6.20 Å². The van der Waals surface area contributed by atoms with Crippen molar-refractivity contribution in [1.29, 1.82) is 0 Å². The highest BCUT2D eigenvalue weighted by Crippen LogP contribution is 2.28. The summed E-state index contributed by atoms with van der Waals surface area (Å²) in [6.07, 6.45) is 3.58. The Balaban J connectivity index is 1.71. The van der Waals surface area contributed by atoms with E-state index in [0.717, 1.165) is 55.5 Å². The van der Waals surface area contributed by atoms with E-state index >= 15 is 0 Å². The van der Waals surface area contributed by atoms with E-state index in [1.54, 1.807) is 0 Å². The third kappa shape index (κ3) is 4.58. The average molecular weight is 381 g/mol. The van der Waals surface area contributed by atoms with Gasteiger partial charge in [-0.1, -0.05) is 55.0 Å². The number of nitrogens with two attached hydrogens (primary N) is 1. The van der Waals surface area contributed by atoms with Crippen LogP contribution in [0.1, 0.15) is 25.3 Å². The number of benzene rings is 1. The Morgan fingerprint density at radius 1 is 1.28 bits per heavy atom. The van der Waals surface area contributed by atoms with Crippen LogP contribution in [0.3, 0.4) is 0 Å². The minimum Gasteiger partial charge on any atom is -0.345 e. The number of nitrogens with zero attached hydrogens (tertiary/aromatic N) is 3. The second kappa shape index (κ2) is 7.82. The number of thiazole rings is 1. The van der Waals surface area contributed by atoms with Crippen molar-refractivity contribution in [2.75, 3.05) is 24.5 Å². The van der Waals surface area contributed by atoms with Crippen LogP contribution in [-0.2, 0) is 16.6 Å². The maximum Gasteiger partial charge on any atom is 0.249 e. The number of aromatic nitrogens is 1. The van der Waals surface area contributed by atoms with Crippen molar-refractivity contribution >= 4 is 26.5 Å². The third-order valence-electron chi connectivity index (χ3n) is 4.48. The third-order valence-corrected chi connectivity index (χ3v) is 6.94. The molecule has 0 aliphatic carbocycles. The van der Waals surface area contributed by atoms with Crippen LogP contribution >= 0.6 is 11.3 Å². The first-order chi connectivity index (χ1) is 12.0. The first kappa shape index (κ1) is 18.3. The molecule has 2 N–H and O–H groups in total. The average Bonchev–Trinajstić information content (AvgIpc) is 3.08. The first-order valence-corrected chi connectivity index (χ1v) is 10.8. The van der Waals surface area contributed by atoms with E-state index < -0.39 is 10.0 Å².